The smallest absolute Gasteiger partial charge is 0.258 e. The zero-order chi connectivity index (χ0) is 17.8. The lowest BCUT2D eigenvalue weighted by Crippen LogP contribution is -2.31. The second kappa shape index (κ2) is 7.78. The number of rotatable bonds is 5. The van der Waals surface area contributed by atoms with Gasteiger partial charge in [-0.15, -0.1) is 0 Å². The van der Waals surface area contributed by atoms with Crippen molar-refractivity contribution in [1.82, 2.24) is 5.32 Å². The molecule has 132 valence electrons. The molecule has 1 heterocycles. The number of nitrogens with one attached hydrogen (secondary N) is 1. The Balaban J connectivity index is 1.56. The van der Waals surface area contributed by atoms with E-state index < -0.39 is 0 Å². The summed E-state index contributed by atoms with van der Waals surface area (Å²) in [6.07, 6.45) is 0. The molecule has 2 aromatic carbocycles. The summed E-state index contributed by atoms with van der Waals surface area (Å²) in [5, 5.41) is 2.93. The first-order chi connectivity index (χ1) is 12.0. The molecule has 0 aliphatic carbocycles. The Hall–Kier alpha value is -2.21. The number of halogens is 1. The first kappa shape index (κ1) is 17.6. The van der Waals surface area contributed by atoms with Gasteiger partial charge in [-0.25, -0.2) is 0 Å². The Morgan fingerprint density at radius 2 is 1.96 bits per heavy atom. The minimum Gasteiger partial charge on any atom is -0.486 e. The molecule has 0 saturated heterocycles. The van der Waals surface area contributed by atoms with Crippen LogP contribution in [0.3, 0.4) is 0 Å². The maximum atomic E-state index is 12.1. The number of hydrogen-bond donors (Lipinski definition) is 1. The Morgan fingerprint density at radius 3 is 2.72 bits per heavy atom. The molecule has 3 rings (SSSR count). The summed E-state index contributed by atoms with van der Waals surface area (Å²) in [7, 11) is 0. The normalized spacial score (nSPS) is 13.9. The van der Waals surface area contributed by atoms with Gasteiger partial charge in [-0.1, -0.05) is 22.0 Å². The van der Waals surface area contributed by atoms with E-state index in [9.17, 15) is 4.79 Å². The van der Waals surface area contributed by atoms with Crippen molar-refractivity contribution in [2.24, 2.45) is 0 Å². The van der Waals surface area contributed by atoms with Gasteiger partial charge in [0, 0.05) is 4.47 Å². The number of aryl methyl sites for hydroxylation is 1. The SMILES string of the molecule is Cc1cc(OCC(=O)NC(C)c2ccc3c(c2)OCCO3)ccc1Br. The van der Waals surface area contributed by atoms with Gasteiger partial charge in [0.05, 0.1) is 6.04 Å². The maximum Gasteiger partial charge on any atom is 0.258 e. The van der Waals surface area contributed by atoms with Crippen LogP contribution in [0.2, 0.25) is 0 Å². The van der Waals surface area contributed by atoms with Crippen molar-refractivity contribution < 1.29 is 19.0 Å². The minimum absolute atomic E-state index is 0.0318. The van der Waals surface area contributed by atoms with Crippen molar-refractivity contribution in [3.05, 3.63) is 52.0 Å². The molecule has 5 nitrogen and oxygen atoms in total. The number of carbonyl (C=O) groups is 1. The van der Waals surface area contributed by atoms with E-state index in [2.05, 4.69) is 21.2 Å². The van der Waals surface area contributed by atoms with Gasteiger partial charge < -0.3 is 19.5 Å². The van der Waals surface area contributed by atoms with Gasteiger partial charge in [0.25, 0.3) is 5.91 Å². The van der Waals surface area contributed by atoms with E-state index in [0.717, 1.165) is 21.3 Å². The van der Waals surface area contributed by atoms with Gasteiger partial charge in [-0.05, 0) is 55.3 Å². The highest BCUT2D eigenvalue weighted by molar-refractivity contribution is 9.10. The van der Waals surface area contributed by atoms with Crippen LogP contribution in [0.5, 0.6) is 17.2 Å². The van der Waals surface area contributed by atoms with Crippen LogP contribution in [0.15, 0.2) is 40.9 Å². The van der Waals surface area contributed by atoms with E-state index in [1.807, 2.05) is 50.2 Å². The van der Waals surface area contributed by atoms with E-state index in [4.69, 9.17) is 14.2 Å². The summed E-state index contributed by atoms with van der Waals surface area (Å²) in [5.74, 6) is 1.94. The van der Waals surface area contributed by atoms with Gasteiger partial charge in [0.15, 0.2) is 18.1 Å². The molecular formula is C19H20BrNO4. The third-order valence-electron chi connectivity index (χ3n) is 3.94. The highest BCUT2D eigenvalue weighted by atomic mass is 79.9. The van der Waals surface area contributed by atoms with Crippen molar-refractivity contribution in [1.29, 1.82) is 0 Å². The highest BCUT2D eigenvalue weighted by Crippen LogP contribution is 2.32. The summed E-state index contributed by atoms with van der Waals surface area (Å²) in [5.41, 5.74) is 2.01. The molecule has 0 saturated carbocycles. The van der Waals surface area contributed by atoms with Gasteiger partial charge in [0.1, 0.15) is 19.0 Å². The molecule has 1 unspecified atom stereocenters. The second-order valence-electron chi connectivity index (χ2n) is 5.89. The first-order valence-corrected chi connectivity index (χ1v) is 8.90. The Kier molecular flexibility index (Phi) is 5.48. The molecular weight excluding hydrogens is 386 g/mol. The van der Waals surface area contributed by atoms with Gasteiger partial charge in [0.2, 0.25) is 0 Å². The van der Waals surface area contributed by atoms with Crippen LogP contribution in [-0.4, -0.2) is 25.7 Å². The molecule has 0 bridgehead atoms. The molecule has 2 aromatic rings. The fourth-order valence-corrected chi connectivity index (χ4v) is 2.80. The average molecular weight is 406 g/mol. The van der Waals surface area contributed by atoms with E-state index in [1.54, 1.807) is 0 Å². The van der Waals surface area contributed by atoms with Crippen LogP contribution in [0, 0.1) is 6.92 Å². The third-order valence-corrected chi connectivity index (χ3v) is 4.83. The van der Waals surface area contributed by atoms with Crippen LogP contribution in [-0.2, 0) is 4.79 Å². The molecule has 0 spiro atoms. The Morgan fingerprint density at radius 1 is 1.20 bits per heavy atom. The van der Waals surface area contributed by atoms with Crippen LogP contribution in [0.25, 0.3) is 0 Å². The number of fused-ring (bicyclic) bond motifs is 1. The van der Waals surface area contributed by atoms with Crippen molar-refractivity contribution in [2.75, 3.05) is 19.8 Å². The predicted molar refractivity (Wildman–Crippen MR) is 98.4 cm³/mol. The van der Waals surface area contributed by atoms with Crippen LogP contribution < -0.4 is 19.5 Å². The molecule has 6 heteroatoms. The van der Waals surface area contributed by atoms with Crippen LogP contribution >= 0.6 is 15.9 Å². The fraction of sp³-hybridized carbons (Fsp3) is 0.316. The van der Waals surface area contributed by atoms with Crippen molar-refractivity contribution in [3.8, 4) is 17.2 Å². The molecule has 0 fully saturated rings. The van der Waals surface area contributed by atoms with Crippen LogP contribution in [0.4, 0.5) is 0 Å². The van der Waals surface area contributed by atoms with Crippen molar-refractivity contribution >= 4 is 21.8 Å². The Bertz CT molecular complexity index is 778. The Labute approximate surface area is 155 Å². The van der Waals surface area contributed by atoms with Gasteiger partial charge >= 0.3 is 0 Å². The zero-order valence-corrected chi connectivity index (χ0v) is 15.8. The van der Waals surface area contributed by atoms with Crippen molar-refractivity contribution in [2.45, 2.75) is 19.9 Å². The first-order valence-electron chi connectivity index (χ1n) is 8.11. The van der Waals surface area contributed by atoms with E-state index in [0.29, 0.717) is 24.7 Å². The van der Waals surface area contributed by atoms with E-state index >= 15 is 0 Å². The molecule has 25 heavy (non-hydrogen) atoms. The molecule has 1 aliphatic rings. The zero-order valence-electron chi connectivity index (χ0n) is 14.2. The predicted octanol–water partition coefficient (Wildman–Crippen LogP) is 3.78. The highest BCUT2D eigenvalue weighted by Gasteiger charge is 2.16. The van der Waals surface area contributed by atoms with E-state index in [1.165, 1.54) is 0 Å². The lowest BCUT2D eigenvalue weighted by molar-refractivity contribution is -0.123. The fourth-order valence-electron chi connectivity index (χ4n) is 2.55. The summed E-state index contributed by atoms with van der Waals surface area (Å²) in [6, 6.07) is 11.2. The monoisotopic (exact) mass is 405 g/mol. The third kappa shape index (κ3) is 4.45. The average Bonchev–Trinajstić information content (AvgIpc) is 2.62. The number of carbonyl (C=O) groups excluding carboxylic acids is 1. The number of benzene rings is 2. The summed E-state index contributed by atoms with van der Waals surface area (Å²) < 4.78 is 17.7. The van der Waals surface area contributed by atoms with E-state index in [-0.39, 0.29) is 18.6 Å². The van der Waals surface area contributed by atoms with Gasteiger partial charge in [-0.2, -0.15) is 0 Å². The largest absolute Gasteiger partial charge is 0.486 e. The molecule has 0 radical (unpaired) electrons. The lowest BCUT2D eigenvalue weighted by atomic mass is 10.1. The number of hydrogen-bond acceptors (Lipinski definition) is 4. The lowest BCUT2D eigenvalue weighted by Gasteiger charge is -2.21. The van der Waals surface area contributed by atoms with Crippen LogP contribution in [0.1, 0.15) is 24.1 Å². The summed E-state index contributed by atoms with van der Waals surface area (Å²) in [4.78, 5) is 12.1. The summed E-state index contributed by atoms with van der Waals surface area (Å²) in [6.45, 7) is 4.97. The standard InChI is InChI=1S/C19H20BrNO4/c1-12-9-15(4-5-16(12)20)25-11-19(22)21-13(2)14-3-6-17-18(10-14)24-8-7-23-17/h3-6,9-10,13H,7-8,11H2,1-2H3,(H,21,22). The number of amides is 1. The van der Waals surface area contributed by atoms with Crippen molar-refractivity contribution in [3.63, 3.8) is 0 Å². The maximum absolute atomic E-state index is 12.1. The number of ether oxygens (including phenoxy) is 3. The molecule has 1 N–H and O–H groups in total. The summed E-state index contributed by atoms with van der Waals surface area (Å²) >= 11 is 3.44. The molecule has 0 aromatic heterocycles. The molecule has 1 atom stereocenters. The second-order valence-corrected chi connectivity index (χ2v) is 6.75. The minimum atomic E-state index is -0.178. The van der Waals surface area contributed by atoms with Gasteiger partial charge in [-0.3, -0.25) is 4.79 Å². The molecule has 1 aliphatic heterocycles. The topological polar surface area (TPSA) is 56.8 Å². The molecule has 1 amide bonds. The quantitative estimate of drug-likeness (QED) is 0.821.